The van der Waals surface area contributed by atoms with Crippen LogP contribution >= 0.6 is 0 Å². The van der Waals surface area contributed by atoms with Gasteiger partial charge in [-0.3, -0.25) is 0 Å². The number of aromatic nitrogens is 2. The summed E-state index contributed by atoms with van der Waals surface area (Å²) in [5.41, 5.74) is 0.558. The molecule has 1 aromatic carbocycles. The fourth-order valence-electron chi connectivity index (χ4n) is 3.11. The molecule has 1 aliphatic carbocycles. The molecular formula is C17H21FN4O2. The molecule has 0 spiro atoms. The minimum Gasteiger partial charge on any atom is -0.394 e. The van der Waals surface area contributed by atoms with Crippen LogP contribution < -0.4 is 10.6 Å². The molecule has 0 bridgehead atoms. The van der Waals surface area contributed by atoms with E-state index in [0.717, 1.165) is 25.7 Å². The van der Waals surface area contributed by atoms with Gasteiger partial charge < -0.3 is 20.3 Å². The predicted octanol–water partition coefficient (Wildman–Crippen LogP) is 2.12. The molecule has 0 unspecified atom stereocenters. The fourth-order valence-corrected chi connectivity index (χ4v) is 3.11. The van der Waals surface area contributed by atoms with Crippen molar-refractivity contribution in [1.82, 2.24) is 20.2 Å². The van der Waals surface area contributed by atoms with Gasteiger partial charge >= 0.3 is 6.03 Å². The third-order valence-electron chi connectivity index (χ3n) is 4.49. The van der Waals surface area contributed by atoms with Crippen LogP contribution in [0.5, 0.6) is 0 Å². The van der Waals surface area contributed by atoms with E-state index in [0.29, 0.717) is 11.3 Å². The SMILES string of the molecule is O=C(NCc1ccc(-n2ccnc2)c(F)c1)NC1(CO)CCCC1. The van der Waals surface area contributed by atoms with E-state index in [1.807, 2.05) is 0 Å². The number of aliphatic hydroxyl groups is 1. The standard InChI is InChI=1S/C17H21FN4O2/c18-14-9-13(3-4-15(14)22-8-7-19-12-22)10-20-16(24)21-17(11-23)5-1-2-6-17/h3-4,7-9,12,23H,1-2,5-6,10-11H2,(H2,20,21,24). The summed E-state index contributed by atoms with van der Waals surface area (Å²) in [6.07, 6.45) is 8.35. The summed E-state index contributed by atoms with van der Waals surface area (Å²) in [5.74, 6) is -0.379. The number of amides is 2. The maximum Gasteiger partial charge on any atom is 0.315 e. The number of urea groups is 1. The van der Waals surface area contributed by atoms with Gasteiger partial charge in [-0.25, -0.2) is 14.2 Å². The van der Waals surface area contributed by atoms with Gasteiger partial charge in [-0.15, -0.1) is 0 Å². The van der Waals surface area contributed by atoms with Crippen molar-refractivity contribution in [2.75, 3.05) is 6.61 Å². The maximum atomic E-state index is 14.2. The van der Waals surface area contributed by atoms with Crippen molar-refractivity contribution >= 4 is 6.03 Å². The van der Waals surface area contributed by atoms with Gasteiger partial charge in [0.1, 0.15) is 5.82 Å². The largest absolute Gasteiger partial charge is 0.394 e. The lowest BCUT2D eigenvalue weighted by molar-refractivity contribution is 0.162. The Morgan fingerprint density at radius 1 is 1.38 bits per heavy atom. The van der Waals surface area contributed by atoms with Crippen LogP contribution in [0.15, 0.2) is 36.9 Å². The molecule has 1 fully saturated rings. The number of hydrogen-bond acceptors (Lipinski definition) is 3. The lowest BCUT2D eigenvalue weighted by atomic mass is 9.99. The highest BCUT2D eigenvalue weighted by Gasteiger charge is 2.34. The first-order valence-electron chi connectivity index (χ1n) is 8.05. The number of rotatable bonds is 5. The van der Waals surface area contributed by atoms with Gasteiger partial charge in [0.05, 0.1) is 24.2 Å². The first kappa shape index (κ1) is 16.4. The Bertz CT molecular complexity index is 697. The summed E-state index contributed by atoms with van der Waals surface area (Å²) in [4.78, 5) is 15.9. The van der Waals surface area contributed by atoms with Crippen LogP contribution in [-0.2, 0) is 6.54 Å². The van der Waals surface area contributed by atoms with E-state index >= 15 is 0 Å². The second-order valence-corrected chi connectivity index (χ2v) is 6.21. The van der Waals surface area contributed by atoms with Crippen LogP contribution in [-0.4, -0.2) is 32.8 Å². The Balaban J connectivity index is 1.58. The fraction of sp³-hybridized carbons (Fsp3) is 0.412. The van der Waals surface area contributed by atoms with E-state index < -0.39 is 5.54 Å². The monoisotopic (exact) mass is 332 g/mol. The topological polar surface area (TPSA) is 79.2 Å². The van der Waals surface area contributed by atoms with Gasteiger partial charge in [0, 0.05) is 18.9 Å². The summed E-state index contributed by atoms with van der Waals surface area (Å²) in [6.45, 7) is 0.156. The molecule has 0 saturated heterocycles. The molecule has 2 aromatic rings. The van der Waals surface area contributed by atoms with Gasteiger partial charge in [-0.05, 0) is 30.5 Å². The van der Waals surface area contributed by atoms with E-state index in [4.69, 9.17) is 0 Å². The summed E-state index contributed by atoms with van der Waals surface area (Å²) in [5, 5.41) is 15.1. The van der Waals surface area contributed by atoms with Crippen LogP contribution in [0.4, 0.5) is 9.18 Å². The number of imidazole rings is 1. The average Bonchev–Trinajstić information content (AvgIpc) is 3.25. The molecule has 6 nitrogen and oxygen atoms in total. The normalized spacial score (nSPS) is 16.1. The van der Waals surface area contributed by atoms with Crippen molar-refractivity contribution < 1.29 is 14.3 Å². The number of nitrogens with one attached hydrogen (secondary N) is 2. The molecule has 7 heteroatoms. The zero-order valence-electron chi connectivity index (χ0n) is 13.3. The Kier molecular flexibility index (Phi) is 4.80. The molecule has 1 saturated carbocycles. The Labute approximate surface area is 139 Å². The molecule has 0 aliphatic heterocycles. The van der Waals surface area contributed by atoms with E-state index in [1.165, 1.54) is 12.4 Å². The number of carbonyl (C=O) groups is 1. The highest BCUT2D eigenvalue weighted by atomic mass is 19.1. The highest BCUT2D eigenvalue weighted by molar-refractivity contribution is 5.74. The molecule has 24 heavy (non-hydrogen) atoms. The van der Waals surface area contributed by atoms with Gasteiger partial charge in [0.15, 0.2) is 0 Å². The van der Waals surface area contributed by atoms with Crippen LogP contribution in [0.25, 0.3) is 5.69 Å². The predicted molar refractivity (Wildman–Crippen MR) is 87.2 cm³/mol. The Morgan fingerprint density at radius 3 is 2.79 bits per heavy atom. The molecule has 128 valence electrons. The Hall–Kier alpha value is -2.41. The average molecular weight is 332 g/mol. The van der Waals surface area contributed by atoms with Crippen molar-refractivity contribution in [1.29, 1.82) is 0 Å². The zero-order valence-corrected chi connectivity index (χ0v) is 13.3. The van der Waals surface area contributed by atoms with Crippen molar-refractivity contribution in [3.8, 4) is 5.69 Å². The molecular weight excluding hydrogens is 311 g/mol. The van der Waals surface area contributed by atoms with Crippen LogP contribution in [0.3, 0.4) is 0 Å². The van der Waals surface area contributed by atoms with Crippen molar-refractivity contribution in [3.63, 3.8) is 0 Å². The van der Waals surface area contributed by atoms with Crippen LogP contribution in [0.1, 0.15) is 31.2 Å². The number of benzene rings is 1. The molecule has 0 radical (unpaired) electrons. The zero-order chi connectivity index (χ0) is 17.0. The van der Waals surface area contributed by atoms with Gasteiger partial charge in [-0.2, -0.15) is 0 Å². The molecule has 2 amide bonds. The number of aliphatic hydroxyl groups excluding tert-OH is 1. The van der Waals surface area contributed by atoms with Crippen molar-refractivity contribution in [2.45, 2.75) is 37.8 Å². The minimum atomic E-state index is -0.513. The van der Waals surface area contributed by atoms with Gasteiger partial charge in [-0.1, -0.05) is 18.9 Å². The summed E-state index contributed by atoms with van der Waals surface area (Å²) in [7, 11) is 0. The second kappa shape index (κ2) is 7.00. The van der Waals surface area contributed by atoms with E-state index in [2.05, 4.69) is 15.6 Å². The van der Waals surface area contributed by atoms with E-state index in [9.17, 15) is 14.3 Å². The summed E-state index contributed by atoms with van der Waals surface area (Å²) in [6, 6.07) is 4.46. The van der Waals surface area contributed by atoms with Crippen LogP contribution in [0, 0.1) is 5.82 Å². The summed E-state index contributed by atoms with van der Waals surface area (Å²) < 4.78 is 15.8. The van der Waals surface area contributed by atoms with E-state index in [1.54, 1.807) is 29.1 Å². The van der Waals surface area contributed by atoms with E-state index in [-0.39, 0.29) is 25.0 Å². The minimum absolute atomic E-state index is 0.0609. The quantitative estimate of drug-likeness (QED) is 0.785. The third-order valence-corrected chi connectivity index (χ3v) is 4.49. The summed E-state index contributed by atoms with van der Waals surface area (Å²) >= 11 is 0. The second-order valence-electron chi connectivity index (χ2n) is 6.21. The smallest absolute Gasteiger partial charge is 0.315 e. The lowest BCUT2D eigenvalue weighted by Gasteiger charge is -2.28. The highest BCUT2D eigenvalue weighted by Crippen LogP contribution is 2.28. The molecule has 1 aliphatic rings. The first-order valence-corrected chi connectivity index (χ1v) is 8.05. The number of carbonyl (C=O) groups excluding carboxylic acids is 1. The van der Waals surface area contributed by atoms with Gasteiger partial charge in [0.25, 0.3) is 0 Å². The van der Waals surface area contributed by atoms with Crippen molar-refractivity contribution in [2.24, 2.45) is 0 Å². The van der Waals surface area contributed by atoms with Crippen LogP contribution in [0.2, 0.25) is 0 Å². The Morgan fingerprint density at radius 2 is 2.17 bits per heavy atom. The maximum absolute atomic E-state index is 14.2. The number of nitrogens with zero attached hydrogens (tertiary/aromatic N) is 2. The molecule has 0 atom stereocenters. The lowest BCUT2D eigenvalue weighted by Crippen LogP contribution is -2.52. The van der Waals surface area contributed by atoms with Crippen molar-refractivity contribution in [3.05, 3.63) is 48.3 Å². The van der Waals surface area contributed by atoms with Gasteiger partial charge in [0.2, 0.25) is 0 Å². The molecule has 3 N–H and O–H groups in total. The third kappa shape index (κ3) is 3.56. The molecule has 1 heterocycles. The number of hydrogen-bond donors (Lipinski definition) is 3. The molecule has 1 aromatic heterocycles. The molecule has 3 rings (SSSR count). The first-order chi connectivity index (χ1) is 11.6. The number of halogens is 1.